The van der Waals surface area contributed by atoms with Gasteiger partial charge in [-0.25, -0.2) is 9.98 Å². The number of aromatic nitrogens is 3. The van der Waals surface area contributed by atoms with Crippen LogP contribution < -0.4 is 15.0 Å². The smallest absolute Gasteiger partial charge is 0.216 e. The van der Waals surface area contributed by atoms with Gasteiger partial charge in [0.05, 0.1) is 31.5 Å². The molecule has 0 fully saturated rings. The van der Waals surface area contributed by atoms with Gasteiger partial charge in [0.15, 0.2) is 0 Å². The molecule has 2 aromatic carbocycles. The molecule has 0 unspecified atom stereocenters. The van der Waals surface area contributed by atoms with Gasteiger partial charge in [-0.15, -0.1) is 0 Å². The summed E-state index contributed by atoms with van der Waals surface area (Å²) in [6.07, 6.45) is 3.57. The van der Waals surface area contributed by atoms with Crippen LogP contribution in [0.1, 0.15) is 17.3 Å². The summed E-state index contributed by atoms with van der Waals surface area (Å²) in [5.74, 6) is 2.54. The molecule has 8 heteroatoms. The van der Waals surface area contributed by atoms with E-state index in [1.54, 1.807) is 13.3 Å². The van der Waals surface area contributed by atoms with Gasteiger partial charge in [-0.3, -0.25) is 19.4 Å². The van der Waals surface area contributed by atoms with Gasteiger partial charge in [0.1, 0.15) is 11.9 Å². The standard InChI is InChI=1S/C24H23N7O/c1-32-19-8-4-7-18(12-19)22-28-23-26-15-29(14-17-6-5-11-25-13-17)16-30(23)24-27-20-9-2-3-10-21(20)31(22)24/h2-13,22H,14-16H2,1H3,(H,26,28)/t22-/m1/s1. The van der Waals surface area contributed by atoms with Crippen molar-refractivity contribution in [3.63, 3.8) is 0 Å². The fourth-order valence-corrected chi connectivity index (χ4v) is 4.40. The first-order chi connectivity index (χ1) is 15.8. The first kappa shape index (κ1) is 18.8. The zero-order valence-electron chi connectivity index (χ0n) is 17.7. The molecule has 2 aromatic heterocycles. The number of benzene rings is 2. The number of rotatable bonds is 4. The highest BCUT2D eigenvalue weighted by atomic mass is 16.5. The highest BCUT2D eigenvalue weighted by molar-refractivity contribution is 5.98. The third-order valence-corrected chi connectivity index (χ3v) is 5.90. The number of pyridine rings is 1. The largest absolute Gasteiger partial charge is 0.497 e. The Morgan fingerprint density at radius 3 is 2.91 bits per heavy atom. The Hall–Kier alpha value is -3.91. The van der Waals surface area contributed by atoms with Crippen molar-refractivity contribution in [2.75, 3.05) is 25.3 Å². The van der Waals surface area contributed by atoms with Crippen LogP contribution in [0.4, 0.5) is 5.95 Å². The van der Waals surface area contributed by atoms with Crippen LogP contribution in [0.3, 0.4) is 0 Å². The summed E-state index contributed by atoms with van der Waals surface area (Å²) in [6.45, 7) is 2.08. The summed E-state index contributed by atoms with van der Waals surface area (Å²) in [5, 5.41) is 3.65. The molecule has 0 spiro atoms. The molecule has 0 saturated heterocycles. The van der Waals surface area contributed by atoms with Crippen LogP contribution in [0.25, 0.3) is 11.0 Å². The maximum atomic E-state index is 5.47. The molecular weight excluding hydrogens is 402 g/mol. The number of methoxy groups -OCH3 is 1. The van der Waals surface area contributed by atoms with Crippen molar-refractivity contribution < 1.29 is 4.74 Å². The monoisotopic (exact) mass is 425 g/mol. The van der Waals surface area contributed by atoms with Crippen LogP contribution in [0.15, 0.2) is 78.0 Å². The highest BCUT2D eigenvalue weighted by Gasteiger charge is 2.35. The van der Waals surface area contributed by atoms with Gasteiger partial charge >= 0.3 is 0 Å². The number of para-hydroxylation sites is 2. The number of nitrogens with zero attached hydrogens (tertiary/aromatic N) is 6. The predicted molar refractivity (Wildman–Crippen MR) is 123 cm³/mol. The fraction of sp³-hybridized carbons (Fsp3) is 0.208. The molecule has 2 aliphatic rings. The van der Waals surface area contributed by atoms with Crippen LogP contribution in [-0.2, 0) is 6.54 Å². The van der Waals surface area contributed by atoms with Gasteiger partial charge in [-0.1, -0.05) is 30.3 Å². The van der Waals surface area contributed by atoms with Crippen molar-refractivity contribution in [1.82, 2.24) is 24.8 Å². The summed E-state index contributed by atoms with van der Waals surface area (Å²) in [5.41, 5.74) is 4.29. The van der Waals surface area contributed by atoms with E-state index in [0.717, 1.165) is 40.8 Å². The Morgan fingerprint density at radius 1 is 1.09 bits per heavy atom. The van der Waals surface area contributed by atoms with E-state index in [1.165, 1.54) is 5.56 Å². The minimum absolute atomic E-state index is 0.132. The van der Waals surface area contributed by atoms with E-state index in [4.69, 9.17) is 14.7 Å². The minimum Gasteiger partial charge on any atom is -0.497 e. The second-order valence-corrected chi connectivity index (χ2v) is 7.98. The lowest BCUT2D eigenvalue weighted by atomic mass is 10.1. The number of ether oxygens (including phenoxy) is 1. The Morgan fingerprint density at radius 2 is 2.03 bits per heavy atom. The van der Waals surface area contributed by atoms with Crippen molar-refractivity contribution in [3.05, 3.63) is 84.2 Å². The first-order valence-electron chi connectivity index (χ1n) is 10.6. The van der Waals surface area contributed by atoms with E-state index in [2.05, 4.69) is 61.1 Å². The summed E-state index contributed by atoms with van der Waals surface area (Å²) >= 11 is 0. The molecule has 0 aliphatic carbocycles. The lowest BCUT2D eigenvalue weighted by Crippen LogP contribution is -2.57. The summed E-state index contributed by atoms with van der Waals surface area (Å²) < 4.78 is 7.72. The molecule has 160 valence electrons. The average Bonchev–Trinajstić information content (AvgIpc) is 3.24. The van der Waals surface area contributed by atoms with E-state index >= 15 is 0 Å². The molecule has 32 heavy (non-hydrogen) atoms. The molecule has 0 bridgehead atoms. The van der Waals surface area contributed by atoms with Gasteiger partial charge in [0.25, 0.3) is 0 Å². The molecule has 6 rings (SSSR count). The number of aliphatic imine (C=N–C) groups is 1. The Bertz CT molecular complexity index is 1300. The van der Waals surface area contributed by atoms with E-state index < -0.39 is 0 Å². The molecule has 2 aliphatic heterocycles. The van der Waals surface area contributed by atoms with Crippen molar-refractivity contribution in [2.45, 2.75) is 12.7 Å². The second kappa shape index (κ2) is 7.65. The third-order valence-electron chi connectivity index (χ3n) is 5.90. The maximum absolute atomic E-state index is 5.47. The number of guanidine groups is 1. The van der Waals surface area contributed by atoms with Crippen molar-refractivity contribution in [2.24, 2.45) is 4.99 Å². The van der Waals surface area contributed by atoms with Crippen LogP contribution in [0.2, 0.25) is 0 Å². The Balaban J connectivity index is 1.42. The van der Waals surface area contributed by atoms with Crippen molar-refractivity contribution in [1.29, 1.82) is 0 Å². The van der Waals surface area contributed by atoms with Crippen LogP contribution in [0.5, 0.6) is 5.75 Å². The Labute approximate surface area is 185 Å². The van der Waals surface area contributed by atoms with Crippen molar-refractivity contribution >= 4 is 22.9 Å². The van der Waals surface area contributed by atoms with E-state index in [9.17, 15) is 0 Å². The number of anilines is 1. The molecule has 4 heterocycles. The van der Waals surface area contributed by atoms with Crippen molar-refractivity contribution in [3.8, 4) is 5.75 Å². The van der Waals surface area contributed by atoms with Crippen LogP contribution in [0, 0.1) is 0 Å². The molecule has 4 aromatic rings. The molecule has 0 radical (unpaired) electrons. The quantitative estimate of drug-likeness (QED) is 0.542. The number of hydrogen-bond acceptors (Lipinski definition) is 7. The Kier molecular flexibility index (Phi) is 4.50. The SMILES string of the molecule is COc1cccc([C@@H]2NC3=NCN(Cc4cccnc4)CN3c3nc4ccccc4n32)c1. The normalized spacial score (nSPS) is 18.0. The molecular formula is C24H23N7O. The molecule has 0 saturated carbocycles. The number of fused-ring (bicyclic) bond motifs is 5. The maximum Gasteiger partial charge on any atom is 0.216 e. The zero-order valence-corrected chi connectivity index (χ0v) is 17.7. The number of nitrogens with one attached hydrogen (secondary N) is 1. The number of hydrogen-bond donors (Lipinski definition) is 1. The van der Waals surface area contributed by atoms with Crippen LogP contribution >= 0.6 is 0 Å². The summed E-state index contributed by atoms with van der Waals surface area (Å²) in [6, 6.07) is 20.4. The number of imidazole rings is 1. The molecule has 1 atom stereocenters. The van der Waals surface area contributed by atoms with Crippen LogP contribution in [-0.4, -0.2) is 45.8 Å². The topological polar surface area (TPSA) is 70.8 Å². The van der Waals surface area contributed by atoms with Gasteiger partial charge < -0.3 is 10.1 Å². The third kappa shape index (κ3) is 3.16. The molecule has 1 N–H and O–H groups in total. The molecule has 8 nitrogen and oxygen atoms in total. The predicted octanol–water partition coefficient (Wildman–Crippen LogP) is 3.18. The van der Waals surface area contributed by atoms with E-state index in [1.807, 2.05) is 30.5 Å². The minimum atomic E-state index is -0.132. The summed E-state index contributed by atoms with van der Waals surface area (Å²) in [4.78, 5) is 18.5. The lowest BCUT2D eigenvalue weighted by Gasteiger charge is -2.41. The second-order valence-electron chi connectivity index (χ2n) is 7.98. The molecule has 0 amide bonds. The van der Waals surface area contributed by atoms with Gasteiger partial charge in [-0.05, 0) is 41.5 Å². The van der Waals surface area contributed by atoms with Gasteiger partial charge in [0, 0.05) is 18.9 Å². The summed E-state index contributed by atoms with van der Waals surface area (Å²) in [7, 11) is 1.69. The fourth-order valence-electron chi connectivity index (χ4n) is 4.40. The highest BCUT2D eigenvalue weighted by Crippen LogP contribution is 2.34. The average molecular weight is 425 g/mol. The van der Waals surface area contributed by atoms with Gasteiger partial charge in [-0.2, -0.15) is 0 Å². The first-order valence-corrected chi connectivity index (χ1v) is 10.6. The van der Waals surface area contributed by atoms with E-state index in [-0.39, 0.29) is 6.17 Å². The van der Waals surface area contributed by atoms with E-state index in [0.29, 0.717) is 13.3 Å². The lowest BCUT2D eigenvalue weighted by molar-refractivity contribution is 0.263. The zero-order chi connectivity index (χ0) is 21.5. The van der Waals surface area contributed by atoms with Gasteiger partial charge in [0.2, 0.25) is 11.9 Å².